The smallest absolute Gasteiger partial charge is 0.123 e. The zero-order chi connectivity index (χ0) is 15.4. The van der Waals surface area contributed by atoms with Crippen molar-refractivity contribution in [3.8, 4) is 11.8 Å². The van der Waals surface area contributed by atoms with Gasteiger partial charge in [-0.15, -0.1) is 0 Å². The van der Waals surface area contributed by atoms with Crippen molar-refractivity contribution in [3.63, 3.8) is 0 Å². The van der Waals surface area contributed by atoms with Gasteiger partial charge >= 0.3 is 0 Å². The molecular weight excluding hydrogens is 279 g/mol. The largest absolute Gasteiger partial charge is 0.379 e. The number of aromatic nitrogens is 2. The molecule has 0 saturated carbocycles. The number of hydrogen-bond acceptors (Lipinski definition) is 3. The van der Waals surface area contributed by atoms with Crippen molar-refractivity contribution >= 4 is 5.69 Å². The minimum atomic E-state index is -0.265. The Labute approximate surface area is 127 Å². The topological polar surface area (TPSA) is 53.6 Å². The van der Waals surface area contributed by atoms with Gasteiger partial charge in [-0.05, 0) is 54.6 Å². The molecule has 22 heavy (non-hydrogen) atoms. The first-order chi connectivity index (χ1) is 10.7. The van der Waals surface area contributed by atoms with Crippen LogP contribution in [0.15, 0.2) is 60.8 Å². The highest BCUT2D eigenvalue weighted by Crippen LogP contribution is 2.12. The second-order valence-corrected chi connectivity index (χ2v) is 4.77. The summed E-state index contributed by atoms with van der Waals surface area (Å²) in [5, 5.41) is 16.4. The number of rotatable bonds is 4. The van der Waals surface area contributed by atoms with Crippen molar-refractivity contribution in [1.82, 2.24) is 9.78 Å². The van der Waals surface area contributed by atoms with Crippen molar-refractivity contribution in [2.24, 2.45) is 0 Å². The van der Waals surface area contributed by atoms with Gasteiger partial charge in [0.15, 0.2) is 0 Å². The highest BCUT2D eigenvalue weighted by molar-refractivity contribution is 5.47. The van der Waals surface area contributed by atoms with E-state index in [1.807, 2.05) is 24.4 Å². The number of nitriles is 1. The summed E-state index contributed by atoms with van der Waals surface area (Å²) in [7, 11) is 0. The second kappa shape index (κ2) is 6.10. The summed E-state index contributed by atoms with van der Waals surface area (Å²) >= 11 is 0. The summed E-state index contributed by atoms with van der Waals surface area (Å²) in [6, 6.07) is 17.4. The van der Waals surface area contributed by atoms with Gasteiger partial charge in [0.2, 0.25) is 0 Å². The molecule has 1 heterocycles. The maximum absolute atomic E-state index is 12.9. The van der Waals surface area contributed by atoms with E-state index in [9.17, 15) is 4.39 Å². The summed E-state index contributed by atoms with van der Waals surface area (Å²) in [6.45, 7) is 0.570. The predicted octanol–water partition coefficient (Wildman–Crippen LogP) is 3.50. The monoisotopic (exact) mass is 292 g/mol. The van der Waals surface area contributed by atoms with Gasteiger partial charge in [-0.3, -0.25) is 0 Å². The number of nitrogens with zero attached hydrogens (tertiary/aromatic N) is 3. The zero-order valence-corrected chi connectivity index (χ0v) is 11.7. The molecular formula is C17H13FN4. The van der Waals surface area contributed by atoms with Crippen LogP contribution in [-0.2, 0) is 6.54 Å². The third-order valence-electron chi connectivity index (χ3n) is 3.22. The summed E-state index contributed by atoms with van der Waals surface area (Å²) in [4.78, 5) is 0. The van der Waals surface area contributed by atoms with Gasteiger partial charge in [0, 0.05) is 11.9 Å². The molecule has 2 aromatic carbocycles. The summed E-state index contributed by atoms with van der Waals surface area (Å²) in [6.07, 6.45) is 1.84. The van der Waals surface area contributed by atoms with Gasteiger partial charge in [0.1, 0.15) is 5.82 Å². The molecule has 0 aliphatic carbocycles. The number of hydrogen-bond donors (Lipinski definition) is 1. The second-order valence-electron chi connectivity index (χ2n) is 4.77. The van der Waals surface area contributed by atoms with Gasteiger partial charge in [0.05, 0.1) is 29.6 Å². The van der Waals surface area contributed by atoms with Gasteiger partial charge in [-0.2, -0.15) is 10.4 Å². The summed E-state index contributed by atoms with van der Waals surface area (Å²) in [5.41, 5.74) is 3.24. The van der Waals surface area contributed by atoms with Gasteiger partial charge in [0.25, 0.3) is 0 Å². The normalized spacial score (nSPS) is 10.2. The molecule has 0 fully saturated rings. The van der Waals surface area contributed by atoms with Crippen LogP contribution in [0.1, 0.15) is 11.3 Å². The predicted molar refractivity (Wildman–Crippen MR) is 82.0 cm³/mol. The molecule has 0 aliphatic heterocycles. The number of anilines is 1. The van der Waals surface area contributed by atoms with E-state index in [1.54, 1.807) is 28.9 Å². The van der Waals surface area contributed by atoms with Crippen molar-refractivity contribution < 1.29 is 4.39 Å². The Hall–Kier alpha value is -3.13. The van der Waals surface area contributed by atoms with E-state index in [0.717, 1.165) is 17.1 Å². The van der Waals surface area contributed by atoms with Crippen LogP contribution in [0.2, 0.25) is 0 Å². The highest BCUT2D eigenvalue weighted by Gasteiger charge is 2.02. The van der Waals surface area contributed by atoms with Crippen LogP contribution in [0.4, 0.5) is 10.1 Å². The fourth-order valence-electron chi connectivity index (χ4n) is 2.05. The molecule has 1 aromatic heterocycles. The Kier molecular flexibility index (Phi) is 3.84. The van der Waals surface area contributed by atoms with Crippen LogP contribution < -0.4 is 5.32 Å². The maximum atomic E-state index is 12.9. The Bertz CT molecular complexity index is 798. The van der Waals surface area contributed by atoms with Crippen molar-refractivity contribution in [3.05, 3.63) is 77.9 Å². The molecule has 0 atom stereocenters. The van der Waals surface area contributed by atoms with Crippen LogP contribution in [0.3, 0.4) is 0 Å². The Morgan fingerprint density at radius 1 is 1.05 bits per heavy atom. The number of benzene rings is 2. The molecule has 3 aromatic rings. The molecule has 0 spiro atoms. The summed E-state index contributed by atoms with van der Waals surface area (Å²) < 4.78 is 14.6. The first-order valence-corrected chi connectivity index (χ1v) is 6.79. The van der Waals surface area contributed by atoms with E-state index in [4.69, 9.17) is 5.26 Å². The van der Waals surface area contributed by atoms with Gasteiger partial charge in [-0.1, -0.05) is 0 Å². The third kappa shape index (κ3) is 3.13. The minimum Gasteiger partial charge on any atom is -0.379 e. The van der Waals surface area contributed by atoms with Gasteiger partial charge < -0.3 is 5.32 Å². The van der Waals surface area contributed by atoms with Crippen LogP contribution in [0.5, 0.6) is 0 Å². The quantitative estimate of drug-likeness (QED) is 0.800. The fourth-order valence-corrected chi connectivity index (χ4v) is 2.05. The number of nitrogens with one attached hydrogen (secondary N) is 1. The lowest BCUT2D eigenvalue weighted by Crippen LogP contribution is -2.02. The number of halogens is 1. The molecule has 0 radical (unpaired) electrons. The Balaban J connectivity index is 1.66. The lowest BCUT2D eigenvalue weighted by atomic mass is 10.2. The first-order valence-electron chi connectivity index (χ1n) is 6.79. The molecule has 0 bridgehead atoms. The van der Waals surface area contributed by atoms with E-state index in [0.29, 0.717) is 12.1 Å². The average Bonchev–Trinajstić information content (AvgIpc) is 3.03. The van der Waals surface area contributed by atoms with Crippen LogP contribution >= 0.6 is 0 Å². The fraction of sp³-hybridized carbons (Fsp3) is 0.0588. The zero-order valence-electron chi connectivity index (χ0n) is 11.7. The highest BCUT2D eigenvalue weighted by atomic mass is 19.1. The molecule has 1 N–H and O–H groups in total. The molecule has 0 saturated heterocycles. The molecule has 5 heteroatoms. The molecule has 108 valence electrons. The van der Waals surface area contributed by atoms with E-state index in [1.165, 1.54) is 12.1 Å². The lowest BCUT2D eigenvalue weighted by Gasteiger charge is -2.04. The van der Waals surface area contributed by atoms with Crippen molar-refractivity contribution in [2.45, 2.75) is 6.54 Å². The Morgan fingerprint density at radius 3 is 2.45 bits per heavy atom. The van der Waals surface area contributed by atoms with E-state index >= 15 is 0 Å². The molecule has 3 rings (SSSR count). The molecule has 0 aliphatic rings. The SMILES string of the molecule is N#Cc1ccc(NCc2ccn(-c3ccc(F)cc3)n2)cc1. The minimum absolute atomic E-state index is 0.265. The standard InChI is InChI=1S/C17H13FN4/c18-14-3-7-17(8-4-14)22-10-9-16(21-22)12-20-15-5-1-13(11-19)2-6-15/h1-10,20H,12H2. The van der Waals surface area contributed by atoms with E-state index < -0.39 is 0 Å². The van der Waals surface area contributed by atoms with Crippen LogP contribution in [0, 0.1) is 17.1 Å². The molecule has 4 nitrogen and oxygen atoms in total. The molecule has 0 amide bonds. The van der Waals surface area contributed by atoms with E-state index in [-0.39, 0.29) is 5.82 Å². The molecule has 0 unspecified atom stereocenters. The first kappa shape index (κ1) is 13.8. The average molecular weight is 292 g/mol. The van der Waals surface area contributed by atoms with Crippen LogP contribution in [-0.4, -0.2) is 9.78 Å². The van der Waals surface area contributed by atoms with Crippen molar-refractivity contribution in [2.75, 3.05) is 5.32 Å². The lowest BCUT2D eigenvalue weighted by molar-refractivity contribution is 0.627. The summed E-state index contributed by atoms with van der Waals surface area (Å²) in [5.74, 6) is -0.265. The van der Waals surface area contributed by atoms with Crippen molar-refractivity contribution in [1.29, 1.82) is 5.26 Å². The van der Waals surface area contributed by atoms with Crippen LogP contribution in [0.25, 0.3) is 5.69 Å². The van der Waals surface area contributed by atoms with Gasteiger partial charge in [-0.25, -0.2) is 9.07 Å². The Morgan fingerprint density at radius 2 is 1.77 bits per heavy atom. The maximum Gasteiger partial charge on any atom is 0.123 e. The third-order valence-corrected chi connectivity index (χ3v) is 3.22. The van der Waals surface area contributed by atoms with E-state index in [2.05, 4.69) is 16.5 Å².